The van der Waals surface area contributed by atoms with E-state index in [1.165, 1.54) is 19.1 Å². The van der Waals surface area contributed by atoms with Crippen LogP contribution in [0.15, 0.2) is 55.6 Å². The van der Waals surface area contributed by atoms with Crippen LogP contribution in [-0.4, -0.2) is 17.9 Å². The summed E-state index contributed by atoms with van der Waals surface area (Å²) in [5, 5.41) is 0.855. The summed E-state index contributed by atoms with van der Waals surface area (Å²) in [5.74, 6) is -2.40. The Balaban J connectivity index is 1.85. The van der Waals surface area contributed by atoms with Gasteiger partial charge >= 0.3 is 12.1 Å². The first-order valence-electron chi connectivity index (χ1n) is 10.4. The van der Waals surface area contributed by atoms with Gasteiger partial charge in [-0.2, -0.15) is 13.2 Å². The highest BCUT2D eigenvalue weighted by Crippen LogP contribution is 2.30. The van der Waals surface area contributed by atoms with Crippen molar-refractivity contribution in [3.8, 4) is 0 Å². The third kappa shape index (κ3) is 3.51. The maximum atomic E-state index is 13.4. The molecule has 1 aromatic heterocycles. The summed E-state index contributed by atoms with van der Waals surface area (Å²) in [5.41, 5.74) is -2.53. The largest absolute Gasteiger partial charge is 0.471 e. The molecule has 7 nitrogen and oxygen atoms in total. The van der Waals surface area contributed by atoms with Crippen molar-refractivity contribution in [1.82, 2.24) is 0 Å². The molecule has 0 saturated carbocycles. The predicted molar refractivity (Wildman–Crippen MR) is 131 cm³/mol. The van der Waals surface area contributed by atoms with Crippen molar-refractivity contribution < 1.29 is 22.8 Å². The Labute approximate surface area is 201 Å². The molecule has 0 aliphatic carbocycles. The number of carbonyl (C=O) groups is 2. The molecule has 5 rings (SSSR count). The molecule has 11 heteroatoms. The minimum Gasteiger partial charge on any atom is -0.318 e. The van der Waals surface area contributed by atoms with E-state index in [9.17, 15) is 41.9 Å². The van der Waals surface area contributed by atoms with Gasteiger partial charge in [-0.05, 0) is 42.8 Å². The number of alkyl halides is 3. The molecule has 1 amide bonds. The SMILES string of the molecule is CC(=O)Cc1ccc2c(=O)c3sc4c(=O)c5cc(NC(=O)C(F)(F)F)ccc5c(=O)c4c3c(=O)c2c1. The van der Waals surface area contributed by atoms with Gasteiger partial charge in [-0.15, -0.1) is 11.3 Å². The lowest BCUT2D eigenvalue weighted by atomic mass is 9.99. The lowest BCUT2D eigenvalue weighted by molar-refractivity contribution is -0.167. The lowest BCUT2D eigenvalue weighted by Crippen LogP contribution is -2.30. The van der Waals surface area contributed by atoms with E-state index in [4.69, 9.17) is 0 Å². The summed E-state index contributed by atoms with van der Waals surface area (Å²) in [6.07, 6.45) is -5.11. The Kier molecular flexibility index (Phi) is 5.14. The molecular formula is C25H12F3NO6S. The van der Waals surface area contributed by atoms with Crippen LogP contribution in [0, 0.1) is 0 Å². The van der Waals surface area contributed by atoms with E-state index < -0.39 is 33.8 Å². The summed E-state index contributed by atoms with van der Waals surface area (Å²) >= 11 is 0.665. The number of Topliss-reactive ketones (excluding diaryl/α,β-unsaturated/α-hetero) is 1. The summed E-state index contributed by atoms with van der Waals surface area (Å²) in [4.78, 5) is 75.9. The van der Waals surface area contributed by atoms with E-state index in [0.717, 1.165) is 18.2 Å². The number of amides is 1. The Morgan fingerprint density at radius 3 is 1.92 bits per heavy atom. The first kappa shape index (κ1) is 23.5. The topological polar surface area (TPSA) is 114 Å². The molecule has 36 heavy (non-hydrogen) atoms. The molecule has 0 aliphatic rings. The van der Waals surface area contributed by atoms with Gasteiger partial charge in [0.15, 0.2) is 10.9 Å². The van der Waals surface area contributed by atoms with Crippen molar-refractivity contribution in [2.24, 2.45) is 0 Å². The van der Waals surface area contributed by atoms with Crippen molar-refractivity contribution in [2.75, 3.05) is 5.32 Å². The first-order chi connectivity index (χ1) is 16.9. The number of hydrogen-bond acceptors (Lipinski definition) is 7. The van der Waals surface area contributed by atoms with Gasteiger partial charge in [-0.1, -0.05) is 6.07 Å². The van der Waals surface area contributed by atoms with Crippen molar-refractivity contribution in [2.45, 2.75) is 19.5 Å². The van der Waals surface area contributed by atoms with Crippen LogP contribution in [-0.2, 0) is 16.0 Å². The van der Waals surface area contributed by atoms with Gasteiger partial charge in [0.1, 0.15) is 5.78 Å². The van der Waals surface area contributed by atoms with Crippen LogP contribution in [0.1, 0.15) is 12.5 Å². The van der Waals surface area contributed by atoms with Gasteiger partial charge in [0.05, 0.1) is 20.2 Å². The van der Waals surface area contributed by atoms with Gasteiger partial charge < -0.3 is 5.32 Å². The Hall–Kier alpha value is -4.25. The molecule has 1 N–H and O–H groups in total. The van der Waals surface area contributed by atoms with Crippen molar-refractivity contribution in [3.63, 3.8) is 0 Å². The number of fused-ring (bicyclic) bond motifs is 5. The number of halogens is 3. The zero-order chi connectivity index (χ0) is 26.1. The van der Waals surface area contributed by atoms with E-state index >= 15 is 0 Å². The second-order valence-electron chi connectivity index (χ2n) is 8.30. The molecule has 0 unspecified atom stereocenters. The minimum atomic E-state index is -5.16. The predicted octanol–water partition coefficient (Wildman–Crippen LogP) is 3.31. The van der Waals surface area contributed by atoms with Crippen molar-refractivity contribution >= 4 is 70.4 Å². The Morgan fingerprint density at radius 1 is 0.778 bits per heavy atom. The van der Waals surface area contributed by atoms with Crippen LogP contribution in [0.2, 0.25) is 0 Å². The molecule has 5 aromatic rings. The van der Waals surface area contributed by atoms with Crippen LogP contribution >= 0.6 is 11.3 Å². The molecule has 4 aromatic carbocycles. The fourth-order valence-corrected chi connectivity index (χ4v) is 5.49. The Bertz CT molecular complexity index is 2020. The minimum absolute atomic E-state index is 0.0168. The van der Waals surface area contributed by atoms with Gasteiger partial charge in [0, 0.05) is 33.7 Å². The number of benzene rings is 4. The fraction of sp³-hybridized carbons (Fsp3) is 0.120. The van der Waals surface area contributed by atoms with Crippen molar-refractivity contribution in [1.29, 1.82) is 0 Å². The molecule has 0 atom stereocenters. The number of nitrogens with one attached hydrogen (secondary N) is 1. The van der Waals surface area contributed by atoms with Crippen LogP contribution in [0.25, 0.3) is 41.7 Å². The standard InChI is InChI=1S/C25H12F3NO6S/c1-9(30)6-10-2-4-13-14(7-10)19(32)17-16-18(31)12-5-3-11(29-24(35)25(26,27)28)8-15(12)21(34)23(16)36-22(17)20(13)33/h2-5,7-8H,6H2,1H3,(H,29,35). The number of carbonyl (C=O) groups excluding carboxylic acids is 2. The van der Waals surface area contributed by atoms with E-state index in [-0.39, 0.29) is 59.6 Å². The normalized spacial score (nSPS) is 12.1. The number of ketones is 1. The average molecular weight is 511 g/mol. The van der Waals surface area contributed by atoms with Crippen LogP contribution in [0.5, 0.6) is 0 Å². The number of anilines is 1. The molecule has 0 fully saturated rings. The second kappa shape index (κ2) is 7.89. The quantitative estimate of drug-likeness (QED) is 0.398. The smallest absolute Gasteiger partial charge is 0.318 e. The summed E-state index contributed by atoms with van der Waals surface area (Å²) in [6.45, 7) is 1.38. The van der Waals surface area contributed by atoms with Crippen molar-refractivity contribution in [3.05, 3.63) is 82.9 Å². The zero-order valence-electron chi connectivity index (χ0n) is 18.2. The highest BCUT2D eigenvalue weighted by atomic mass is 32.1. The van der Waals surface area contributed by atoms with Gasteiger partial charge in [0.2, 0.25) is 10.9 Å². The third-order valence-electron chi connectivity index (χ3n) is 5.83. The van der Waals surface area contributed by atoms with Crippen LogP contribution < -0.4 is 27.0 Å². The summed E-state index contributed by atoms with van der Waals surface area (Å²) < 4.78 is 37.5. The zero-order valence-corrected chi connectivity index (χ0v) is 19.0. The highest BCUT2D eigenvalue weighted by molar-refractivity contribution is 7.25. The van der Waals surface area contributed by atoms with E-state index in [2.05, 4.69) is 0 Å². The van der Waals surface area contributed by atoms with E-state index in [0.29, 0.717) is 16.9 Å². The Morgan fingerprint density at radius 2 is 1.31 bits per heavy atom. The second-order valence-corrected chi connectivity index (χ2v) is 9.32. The summed E-state index contributed by atoms with van der Waals surface area (Å²) in [6, 6.07) is 7.46. The van der Waals surface area contributed by atoms with Crippen LogP contribution in [0.4, 0.5) is 18.9 Å². The number of rotatable bonds is 3. The maximum absolute atomic E-state index is 13.4. The fourth-order valence-electron chi connectivity index (χ4n) is 4.28. The molecule has 1 heterocycles. The molecular weight excluding hydrogens is 499 g/mol. The molecule has 0 aliphatic heterocycles. The van der Waals surface area contributed by atoms with Gasteiger partial charge in [-0.25, -0.2) is 0 Å². The van der Waals surface area contributed by atoms with Gasteiger partial charge in [0.25, 0.3) is 0 Å². The first-order valence-corrected chi connectivity index (χ1v) is 11.2. The molecule has 0 saturated heterocycles. The lowest BCUT2D eigenvalue weighted by Gasteiger charge is -2.08. The molecule has 0 bridgehead atoms. The third-order valence-corrected chi connectivity index (χ3v) is 7.01. The average Bonchev–Trinajstić information content (AvgIpc) is 3.21. The van der Waals surface area contributed by atoms with Crippen LogP contribution in [0.3, 0.4) is 0 Å². The molecule has 0 radical (unpaired) electrons. The van der Waals surface area contributed by atoms with Gasteiger partial charge in [-0.3, -0.25) is 28.8 Å². The monoisotopic (exact) mass is 511 g/mol. The van der Waals surface area contributed by atoms with E-state index in [1.807, 2.05) is 0 Å². The molecule has 180 valence electrons. The number of hydrogen-bond donors (Lipinski definition) is 1. The number of thiophene rings is 1. The molecule has 0 spiro atoms. The summed E-state index contributed by atoms with van der Waals surface area (Å²) in [7, 11) is 0. The maximum Gasteiger partial charge on any atom is 0.471 e. The van der Waals surface area contributed by atoms with E-state index in [1.54, 1.807) is 11.4 Å². The highest BCUT2D eigenvalue weighted by Gasteiger charge is 2.38.